The summed E-state index contributed by atoms with van der Waals surface area (Å²) in [7, 11) is 0. The molecule has 0 aliphatic heterocycles. The molecule has 0 atom stereocenters. The van der Waals surface area contributed by atoms with Gasteiger partial charge in [-0.2, -0.15) is 5.26 Å². The van der Waals surface area contributed by atoms with E-state index in [0.29, 0.717) is 11.4 Å². The minimum absolute atomic E-state index is 0.125. The minimum atomic E-state index is -1.03. The Hall–Kier alpha value is -2.87. The van der Waals surface area contributed by atoms with Crippen molar-refractivity contribution in [2.24, 2.45) is 0 Å². The van der Waals surface area contributed by atoms with Gasteiger partial charge in [-0.25, -0.2) is 9.78 Å². The van der Waals surface area contributed by atoms with Crippen molar-refractivity contribution in [1.29, 1.82) is 5.26 Å². The highest BCUT2D eigenvalue weighted by Crippen LogP contribution is 2.24. The number of benzene rings is 1. The van der Waals surface area contributed by atoms with E-state index in [1.807, 2.05) is 6.07 Å². The summed E-state index contributed by atoms with van der Waals surface area (Å²) >= 11 is 0. The fourth-order valence-electron chi connectivity index (χ4n) is 1.79. The summed E-state index contributed by atoms with van der Waals surface area (Å²) in [5.74, 6) is -0.688. The molecule has 2 rings (SSSR count). The summed E-state index contributed by atoms with van der Waals surface area (Å²) < 4.78 is 5.60. The third-order valence-electron chi connectivity index (χ3n) is 2.76. The second-order valence-electron chi connectivity index (χ2n) is 4.21. The van der Waals surface area contributed by atoms with E-state index in [9.17, 15) is 4.79 Å². The van der Waals surface area contributed by atoms with E-state index in [1.165, 1.54) is 12.3 Å². The summed E-state index contributed by atoms with van der Waals surface area (Å²) in [6.45, 7) is 1.97. The zero-order chi connectivity index (χ0) is 14.5. The number of nitriles is 1. The van der Waals surface area contributed by atoms with Crippen LogP contribution in [0.5, 0.6) is 5.75 Å². The number of ether oxygens (including phenoxy) is 1. The van der Waals surface area contributed by atoms with Gasteiger partial charge in [-0.1, -0.05) is 12.1 Å². The van der Waals surface area contributed by atoms with E-state index in [-0.39, 0.29) is 12.2 Å². The number of carboxylic acids is 1. The average molecular weight is 268 g/mol. The van der Waals surface area contributed by atoms with Gasteiger partial charge in [-0.3, -0.25) is 0 Å². The molecule has 0 unspecified atom stereocenters. The van der Waals surface area contributed by atoms with Crippen LogP contribution in [-0.2, 0) is 6.61 Å². The molecule has 20 heavy (non-hydrogen) atoms. The van der Waals surface area contributed by atoms with Crippen LogP contribution in [0.15, 0.2) is 36.5 Å². The number of aromatic nitrogens is 1. The number of carbonyl (C=O) groups is 1. The van der Waals surface area contributed by atoms with E-state index in [2.05, 4.69) is 4.98 Å². The highest BCUT2D eigenvalue weighted by Gasteiger charge is 2.13. The number of nitrogens with zero attached hydrogens (tertiary/aromatic N) is 2. The van der Waals surface area contributed by atoms with Gasteiger partial charge in [0.15, 0.2) is 0 Å². The maximum absolute atomic E-state index is 11.2. The molecule has 0 saturated carbocycles. The molecule has 0 spiro atoms. The molecule has 0 amide bonds. The largest absolute Gasteiger partial charge is 0.488 e. The monoisotopic (exact) mass is 268 g/mol. The number of pyridine rings is 1. The van der Waals surface area contributed by atoms with Crippen LogP contribution in [-0.4, -0.2) is 16.1 Å². The van der Waals surface area contributed by atoms with Crippen LogP contribution in [0.2, 0.25) is 0 Å². The van der Waals surface area contributed by atoms with Crippen molar-refractivity contribution in [3.8, 4) is 11.8 Å². The highest BCUT2D eigenvalue weighted by atomic mass is 16.5. The highest BCUT2D eigenvalue weighted by molar-refractivity contribution is 5.91. The number of hydrogen-bond donors (Lipinski definition) is 1. The van der Waals surface area contributed by atoms with Gasteiger partial charge in [-0.15, -0.1) is 0 Å². The fraction of sp³-hybridized carbons (Fsp3) is 0.133. The van der Waals surface area contributed by atoms with Crippen LogP contribution in [0.4, 0.5) is 0 Å². The Bertz CT molecular complexity index is 690. The Labute approximate surface area is 116 Å². The van der Waals surface area contributed by atoms with Crippen molar-refractivity contribution < 1.29 is 14.6 Å². The van der Waals surface area contributed by atoms with Crippen LogP contribution in [0.25, 0.3) is 0 Å². The van der Waals surface area contributed by atoms with Crippen LogP contribution in [0.1, 0.15) is 27.2 Å². The van der Waals surface area contributed by atoms with E-state index < -0.39 is 5.97 Å². The molecule has 1 aromatic heterocycles. The van der Waals surface area contributed by atoms with E-state index in [4.69, 9.17) is 15.1 Å². The van der Waals surface area contributed by atoms with Crippen LogP contribution < -0.4 is 4.74 Å². The number of carboxylic acid groups (broad SMARTS) is 1. The quantitative estimate of drug-likeness (QED) is 0.921. The van der Waals surface area contributed by atoms with E-state index >= 15 is 0 Å². The molecule has 1 N–H and O–H groups in total. The summed E-state index contributed by atoms with van der Waals surface area (Å²) in [6, 6.07) is 10.2. The normalized spacial score (nSPS) is 9.80. The van der Waals surface area contributed by atoms with Gasteiger partial charge in [0, 0.05) is 6.20 Å². The Morgan fingerprint density at radius 2 is 2.25 bits per heavy atom. The molecule has 0 aliphatic carbocycles. The van der Waals surface area contributed by atoms with Gasteiger partial charge in [0.25, 0.3) is 0 Å². The lowest BCUT2D eigenvalue weighted by Gasteiger charge is -2.11. The van der Waals surface area contributed by atoms with Gasteiger partial charge in [-0.05, 0) is 36.2 Å². The second-order valence-corrected chi connectivity index (χ2v) is 4.21. The Balaban J connectivity index is 2.23. The Morgan fingerprint density at radius 3 is 2.95 bits per heavy atom. The fourth-order valence-corrected chi connectivity index (χ4v) is 1.79. The zero-order valence-corrected chi connectivity index (χ0v) is 10.8. The number of hydrogen-bond acceptors (Lipinski definition) is 4. The maximum atomic E-state index is 11.2. The van der Waals surface area contributed by atoms with Crippen LogP contribution in [0, 0.1) is 18.3 Å². The third kappa shape index (κ3) is 2.93. The summed E-state index contributed by atoms with van der Waals surface area (Å²) in [5, 5.41) is 17.9. The first-order chi connectivity index (χ1) is 9.61. The molecule has 5 nitrogen and oxygen atoms in total. The standard InChI is InChI=1S/C15H12N2O3/c1-10-3-2-4-13(15(18)19)14(10)20-9-11-5-6-17-12(7-11)8-16/h2-7H,9H2,1H3,(H,18,19). The van der Waals surface area contributed by atoms with Crippen molar-refractivity contribution >= 4 is 5.97 Å². The first-order valence-electron chi connectivity index (χ1n) is 5.92. The lowest BCUT2D eigenvalue weighted by atomic mass is 10.1. The van der Waals surface area contributed by atoms with Gasteiger partial charge in [0.05, 0.1) is 0 Å². The van der Waals surface area contributed by atoms with Crippen molar-refractivity contribution in [3.05, 3.63) is 58.9 Å². The number of rotatable bonds is 4. The average Bonchev–Trinajstić information content (AvgIpc) is 2.45. The summed E-state index contributed by atoms with van der Waals surface area (Å²) in [4.78, 5) is 15.0. The Morgan fingerprint density at radius 1 is 1.45 bits per heavy atom. The summed E-state index contributed by atoms with van der Waals surface area (Å²) in [6.07, 6.45) is 1.52. The van der Waals surface area contributed by atoms with Gasteiger partial charge in [0.2, 0.25) is 0 Å². The Kier molecular flexibility index (Phi) is 3.96. The van der Waals surface area contributed by atoms with Gasteiger partial charge < -0.3 is 9.84 Å². The molecule has 0 bridgehead atoms. The maximum Gasteiger partial charge on any atom is 0.339 e. The zero-order valence-electron chi connectivity index (χ0n) is 10.8. The molecule has 5 heteroatoms. The number of aryl methyl sites for hydroxylation is 1. The molecular formula is C15H12N2O3. The molecule has 100 valence electrons. The summed E-state index contributed by atoms with van der Waals surface area (Å²) in [5.41, 5.74) is 1.93. The smallest absolute Gasteiger partial charge is 0.339 e. The molecule has 0 radical (unpaired) electrons. The molecule has 1 aromatic carbocycles. The van der Waals surface area contributed by atoms with E-state index in [0.717, 1.165) is 11.1 Å². The van der Waals surface area contributed by atoms with Crippen molar-refractivity contribution in [2.45, 2.75) is 13.5 Å². The molecular weight excluding hydrogens is 256 g/mol. The predicted molar refractivity (Wildman–Crippen MR) is 71.4 cm³/mol. The molecule has 0 aliphatic rings. The lowest BCUT2D eigenvalue weighted by Crippen LogP contribution is -2.05. The van der Waals surface area contributed by atoms with Crippen molar-refractivity contribution in [3.63, 3.8) is 0 Å². The second kappa shape index (κ2) is 5.85. The van der Waals surface area contributed by atoms with Crippen LogP contribution in [0.3, 0.4) is 0 Å². The SMILES string of the molecule is Cc1cccc(C(=O)O)c1OCc1ccnc(C#N)c1. The van der Waals surface area contributed by atoms with E-state index in [1.54, 1.807) is 31.2 Å². The molecule has 0 saturated heterocycles. The van der Waals surface area contributed by atoms with Crippen molar-refractivity contribution in [1.82, 2.24) is 4.98 Å². The first kappa shape index (κ1) is 13.6. The molecule has 2 aromatic rings. The minimum Gasteiger partial charge on any atom is -0.488 e. The number of para-hydroxylation sites is 1. The number of aromatic carboxylic acids is 1. The molecule has 1 heterocycles. The van der Waals surface area contributed by atoms with Gasteiger partial charge in [0.1, 0.15) is 29.7 Å². The van der Waals surface area contributed by atoms with Crippen molar-refractivity contribution in [2.75, 3.05) is 0 Å². The van der Waals surface area contributed by atoms with Crippen LogP contribution >= 0.6 is 0 Å². The third-order valence-corrected chi connectivity index (χ3v) is 2.76. The topological polar surface area (TPSA) is 83.2 Å². The molecule has 0 fully saturated rings. The predicted octanol–water partition coefficient (Wildman–Crippen LogP) is 2.54. The lowest BCUT2D eigenvalue weighted by molar-refractivity contribution is 0.0691. The van der Waals surface area contributed by atoms with Gasteiger partial charge >= 0.3 is 5.97 Å². The first-order valence-corrected chi connectivity index (χ1v) is 5.92.